The van der Waals surface area contributed by atoms with Gasteiger partial charge in [0.25, 0.3) is 0 Å². The summed E-state index contributed by atoms with van der Waals surface area (Å²) >= 11 is 0. The number of amides is 1. The molecule has 1 N–H and O–H groups in total. The molecule has 19 heavy (non-hydrogen) atoms. The van der Waals surface area contributed by atoms with Crippen LogP contribution in [0.15, 0.2) is 0 Å². The zero-order chi connectivity index (χ0) is 14.3. The zero-order valence-electron chi connectivity index (χ0n) is 12.4. The lowest BCUT2D eigenvalue weighted by Gasteiger charge is -2.33. The van der Waals surface area contributed by atoms with Gasteiger partial charge < -0.3 is 5.32 Å². The quantitative estimate of drug-likeness (QED) is 0.904. The smallest absolute Gasteiger partial charge is 0.220 e. The van der Waals surface area contributed by atoms with E-state index >= 15 is 0 Å². The van der Waals surface area contributed by atoms with Crippen LogP contribution in [0.5, 0.6) is 0 Å². The van der Waals surface area contributed by atoms with E-state index in [9.17, 15) is 4.79 Å². The van der Waals surface area contributed by atoms with Gasteiger partial charge >= 0.3 is 0 Å². The average molecular weight is 265 g/mol. The van der Waals surface area contributed by atoms with Crippen molar-refractivity contribution in [1.82, 2.24) is 25.5 Å². The first-order valence-corrected chi connectivity index (χ1v) is 6.77. The predicted octanol–water partition coefficient (Wildman–Crippen LogP) is 1.80. The van der Waals surface area contributed by atoms with E-state index in [0.717, 1.165) is 18.7 Å². The summed E-state index contributed by atoms with van der Waals surface area (Å²) in [5, 5.41) is 15.0. The van der Waals surface area contributed by atoms with Gasteiger partial charge in [0.1, 0.15) is 0 Å². The Morgan fingerprint density at radius 1 is 1.32 bits per heavy atom. The minimum atomic E-state index is -0.176. The number of carbonyl (C=O) groups excluding carboxylic acids is 1. The first-order valence-electron chi connectivity index (χ1n) is 6.77. The Bertz CT molecular complexity index is 472. The third-order valence-electron chi connectivity index (χ3n) is 3.34. The molecule has 1 fully saturated rings. The van der Waals surface area contributed by atoms with E-state index in [2.05, 4.69) is 55.5 Å². The second-order valence-corrected chi connectivity index (χ2v) is 7.16. The Morgan fingerprint density at radius 3 is 2.53 bits per heavy atom. The van der Waals surface area contributed by atoms with Crippen molar-refractivity contribution < 1.29 is 4.79 Å². The highest BCUT2D eigenvalue weighted by molar-refractivity contribution is 5.78. The Labute approximate surface area is 113 Å². The van der Waals surface area contributed by atoms with Crippen LogP contribution >= 0.6 is 0 Å². The van der Waals surface area contributed by atoms with Crippen LogP contribution < -0.4 is 5.32 Å². The van der Waals surface area contributed by atoms with Crippen molar-refractivity contribution in [2.45, 2.75) is 65.5 Å². The summed E-state index contributed by atoms with van der Waals surface area (Å²) < 4.78 is 1.87. The van der Waals surface area contributed by atoms with Gasteiger partial charge in [-0.2, -0.15) is 0 Å². The van der Waals surface area contributed by atoms with Gasteiger partial charge in [0, 0.05) is 6.42 Å². The van der Waals surface area contributed by atoms with E-state index in [1.54, 1.807) is 0 Å². The number of nitrogens with zero attached hydrogens (tertiary/aromatic N) is 4. The molecule has 0 radical (unpaired) electrons. The first-order chi connectivity index (χ1) is 8.69. The molecule has 1 saturated heterocycles. The van der Waals surface area contributed by atoms with E-state index < -0.39 is 0 Å². The van der Waals surface area contributed by atoms with Crippen LogP contribution in [-0.2, 0) is 10.3 Å². The SMILES string of the molecule is CC(C)(C)CC(C)(C)n1nnnc1[C@@H]1CCC(=O)N1. The second kappa shape index (κ2) is 4.58. The molecular weight excluding hydrogens is 242 g/mol. The van der Waals surface area contributed by atoms with Gasteiger partial charge in [-0.1, -0.05) is 20.8 Å². The van der Waals surface area contributed by atoms with Gasteiger partial charge in [0.15, 0.2) is 5.82 Å². The van der Waals surface area contributed by atoms with Crippen LogP contribution in [0.3, 0.4) is 0 Å². The molecule has 0 spiro atoms. The van der Waals surface area contributed by atoms with Gasteiger partial charge in [0.2, 0.25) is 5.91 Å². The maximum Gasteiger partial charge on any atom is 0.220 e. The molecule has 6 heteroatoms. The molecule has 1 aromatic heterocycles. The van der Waals surface area contributed by atoms with E-state index in [-0.39, 0.29) is 22.9 Å². The highest BCUT2D eigenvalue weighted by Gasteiger charge is 2.34. The fourth-order valence-corrected chi connectivity index (χ4v) is 3.02. The summed E-state index contributed by atoms with van der Waals surface area (Å²) in [6.45, 7) is 10.9. The topological polar surface area (TPSA) is 72.7 Å². The number of tetrazole rings is 1. The highest BCUT2D eigenvalue weighted by Crippen LogP contribution is 2.34. The van der Waals surface area contributed by atoms with Gasteiger partial charge in [-0.15, -0.1) is 5.10 Å². The summed E-state index contributed by atoms with van der Waals surface area (Å²) in [5.74, 6) is 0.841. The van der Waals surface area contributed by atoms with Crippen molar-refractivity contribution in [1.29, 1.82) is 0 Å². The van der Waals surface area contributed by atoms with Crippen molar-refractivity contribution in [3.05, 3.63) is 5.82 Å². The highest BCUT2D eigenvalue weighted by atomic mass is 16.1. The Morgan fingerprint density at radius 2 is 2.00 bits per heavy atom. The molecule has 0 bridgehead atoms. The van der Waals surface area contributed by atoms with Gasteiger partial charge in [-0.25, -0.2) is 4.68 Å². The molecule has 6 nitrogen and oxygen atoms in total. The summed E-state index contributed by atoms with van der Waals surface area (Å²) in [4.78, 5) is 11.3. The minimum absolute atomic E-state index is 0.0539. The van der Waals surface area contributed by atoms with Crippen molar-refractivity contribution in [2.75, 3.05) is 0 Å². The standard InChI is InChI=1S/C13H23N5O/c1-12(2,3)8-13(4,5)18-11(15-16-17-18)9-6-7-10(19)14-9/h9H,6-8H2,1-5H3,(H,14,19)/t9-/m0/s1. The van der Waals surface area contributed by atoms with Crippen LogP contribution in [0.1, 0.15) is 65.7 Å². The average Bonchev–Trinajstić information content (AvgIpc) is 2.80. The maximum absolute atomic E-state index is 11.3. The zero-order valence-corrected chi connectivity index (χ0v) is 12.4. The second-order valence-electron chi connectivity index (χ2n) is 7.16. The molecule has 1 atom stereocenters. The lowest BCUT2D eigenvalue weighted by molar-refractivity contribution is -0.119. The molecule has 1 aromatic rings. The summed E-state index contributed by atoms with van der Waals surface area (Å²) in [5.41, 5.74) is 0.00997. The predicted molar refractivity (Wildman–Crippen MR) is 71.3 cm³/mol. The van der Waals surface area contributed by atoms with Crippen LogP contribution in [0.25, 0.3) is 0 Å². The Kier molecular flexibility index (Phi) is 3.36. The Hall–Kier alpha value is -1.46. The normalized spacial score (nSPS) is 20.7. The molecule has 1 amide bonds. The fraction of sp³-hybridized carbons (Fsp3) is 0.846. The molecule has 2 heterocycles. The van der Waals surface area contributed by atoms with Crippen molar-refractivity contribution in [3.8, 4) is 0 Å². The molecular formula is C13H23N5O. The maximum atomic E-state index is 11.3. The molecule has 0 aromatic carbocycles. The van der Waals surface area contributed by atoms with Crippen LogP contribution in [0.2, 0.25) is 0 Å². The molecule has 106 valence electrons. The lowest BCUT2D eigenvalue weighted by atomic mass is 9.82. The molecule has 0 saturated carbocycles. The van der Waals surface area contributed by atoms with Gasteiger partial charge in [0.05, 0.1) is 11.6 Å². The minimum Gasteiger partial charge on any atom is -0.346 e. The summed E-state index contributed by atoms with van der Waals surface area (Å²) in [6.07, 6.45) is 2.28. The monoisotopic (exact) mass is 265 g/mol. The summed E-state index contributed by atoms with van der Waals surface area (Å²) in [7, 11) is 0. The Balaban J connectivity index is 2.26. The van der Waals surface area contributed by atoms with E-state index in [4.69, 9.17) is 0 Å². The number of nitrogens with one attached hydrogen (secondary N) is 1. The number of hydrogen-bond donors (Lipinski definition) is 1. The van der Waals surface area contributed by atoms with Crippen LogP contribution in [0.4, 0.5) is 0 Å². The molecule has 1 aliphatic rings. The number of rotatable bonds is 3. The van der Waals surface area contributed by atoms with Gasteiger partial charge in [-0.3, -0.25) is 4.79 Å². The van der Waals surface area contributed by atoms with Crippen molar-refractivity contribution >= 4 is 5.91 Å². The molecule has 0 unspecified atom stereocenters. The fourth-order valence-electron chi connectivity index (χ4n) is 3.02. The number of hydrogen-bond acceptors (Lipinski definition) is 4. The van der Waals surface area contributed by atoms with E-state index in [1.807, 2.05) is 4.68 Å². The molecule has 2 rings (SSSR count). The molecule has 1 aliphatic heterocycles. The van der Waals surface area contributed by atoms with Crippen LogP contribution in [-0.4, -0.2) is 26.1 Å². The largest absolute Gasteiger partial charge is 0.346 e. The van der Waals surface area contributed by atoms with E-state index in [0.29, 0.717) is 6.42 Å². The molecule has 0 aliphatic carbocycles. The first kappa shape index (κ1) is 14.0. The van der Waals surface area contributed by atoms with Crippen molar-refractivity contribution in [2.24, 2.45) is 5.41 Å². The summed E-state index contributed by atoms with van der Waals surface area (Å²) in [6, 6.07) is -0.0539. The van der Waals surface area contributed by atoms with Crippen LogP contribution in [0, 0.1) is 5.41 Å². The third-order valence-corrected chi connectivity index (χ3v) is 3.34. The lowest BCUT2D eigenvalue weighted by Crippen LogP contribution is -2.35. The van der Waals surface area contributed by atoms with E-state index in [1.165, 1.54) is 0 Å². The van der Waals surface area contributed by atoms with Crippen molar-refractivity contribution in [3.63, 3.8) is 0 Å². The number of carbonyl (C=O) groups is 1. The number of aromatic nitrogens is 4. The van der Waals surface area contributed by atoms with Gasteiger partial charge in [-0.05, 0) is 42.5 Å². The third kappa shape index (κ3) is 3.11.